The zero-order valence-corrected chi connectivity index (χ0v) is 10.5. The summed E-state index contributed by atoms with van der Waals surface area (Å²) in [6.07, 6.45) is 5.86. The van der Waals surface area contributed by atoms with Crippen LogP contribution in [0.25, 0.3) is 0 Å². The number of nitrogens with zero attached hydrogens (tertiary/aromatic N) is 1. The highest BCUT2D eigenvalue weighted by molar-refractivity contribution is 5.74. The van der Waals surface area contributed by atoms with Crippen molar-refractivity contribution in [1.82, 2.24) is 4.57 Å². The molecule has 1 aromatic heterocycles. The molecule has 0 saturated heterocycles. The highest BCUT2D eigenvalue weighted by atomic mass is 16.1. The lowest BCUT2D eigenvalue weighted by Gasteiger charge is -2.25. The number of aromatic nitrogens is 1. The molecule has 3 heteroatoms. The van der Waals surface area contributed by atoms with Crippen molar-refractivity contribution in [1.29, 1.82) is 0 Å². The van der Waals surface area contributed by atoms with Gasteiger partial charge in [0.2, 0.25) is 0 Å². The predicted molar refractivity (Wildman–Crippen MR) is 67.7 cm³/mol. The van der Waals surface area contributed by atoms with E-state index in [0.717, 1.165) is 37.8 Å². The standard InChI is InChI=1S/C14H19NO2/c1-3-10(2)15-13-7-5-4-6-11(13)8-12(9-16)14(15)17/h8-10H,3-7H2,1-2H3. The molecule has 1 aliphatic rings. The molecule has 92 valence electrons. The fraction of sp³-hybridized carbons (Fsp3) is 0.571. The third-order valence-corrected chi connectivity index (χ3v) is 3.73. The quantitative estimate of drug-likeness (QED) is 0.752. The number of carbonyl (C=O) groups is 1. The summed E-state index contributed by atoms with van der Waals surface area (Å²) in [4.78, 5) is 23.2. The van der Waals surface area contributed by atoms with Crippen LogP contribution in [0.15, 0.2) is 10.9 Å². The maximum Gasteiger partial charge on any atom is 0.261 e. The topological polar surface area (TPSA) is 39.1 Å². The monoisotopic (exact) mass is 233 g/mol. The van der Waals surface area contributed by atoms with Gasteiger partial charge in [-0.05, 0) is 50.7 Å². The third kappa shape index (κ3) is 2.06. The summed E-state index contributed by atoms with van der Waals surface area (Å²) in [6, 6.07) is 1.97. The van der Waals surface area contributed by atoms with Crippen molar-refractivity contribution in [3.8, 4) is 0 Å². The molecular weight excluding hydrogens is 214 g/mol. The second-order valence-corrected chi connectivity index (χ2v) is 4.83. The van der Waals surface area contributed by atoms with Crippen LogP contribution in [0.2, 0.25) is 0 Å². The second kappa shape index (κ2) is 4.86. The van der Waals surface area contributed by atoms with Crippen molar-refractivity contribution in [2.75, 3.05) is 0 Å². The summed E-state index contributed by atoms with van der Waals surface area (Å²) in [7, 11) is 0. The smallest absolute Gasteiger partial charge is 0.261 e. The molecule has 2 rings (SSSR count). The van der Waals surface area contributed by atoms with E-state index >= 15 is 0 Å². The van der Waals surface area contributed by atoms with E-state index in [-0.39, 0.29) is 11.6 Å². The number of aldehydes is 1. The summed E-state index contributed by atoms with van der Waals surface area (Å²) < 4.78 is 1.85. The Morgan fingerprint density at radius 3 is 2.76 bits per heavy atom. The van der Waals surface area contributed by atoms with Gasteiger partial charge in [0.15, 0.2) is 6.29 Å². The van der Waals surface area contributed by atoms with Crippen LogP contribution in [0.5, 0.6) is 0 Å². The van der Waals surface area contributed by atoms with Gasteiger partial charge < -0.3 is 4.57 Å². The van der Waals surface area contributed by atoms with Crippen LogP contribution in [-0.2, 0) is 12.8 Å². The maximum absolute atomic E-state index is 12.2. The molecule has 17 heavy (non-hydrogen) atoms. The Kier molecular flexibility index (Phi) is 3.46. The number of pyridine rings is 1. The minimum Gasteiger partial charge on any atom is -0.309 e. The molecule has 0 radical (unpaired) electrons. The number of carbonyl (C=O) groups excluding carboxylic acids is 1. The molecule has 0 fully saturated rings. The molecule has 0 bridgehead atoms. The first-order chi connectivity index (χ1) is 8.19. The summed E-state index contributed by atoms with van der Waals surface area (Å²) in [6.45, 7) is 4.12. The number of rotatable bonds is 3. The van der Waals surface area contributed by atoms with E-state index in [2.05, 4.69) is 6.92 Å². The van der Waals surface area contributed by atoms with Gasteiger partial charge >= 0.3 is 0 Å². The van der Waals surface area contributed by atoms with E-state index in [1.807, 2.05) is 11.5 Å². The van der Waals surface area contributed by atoms with Crippen LogP contribution in [0, 0.1) is 0 Å². The first-order valence-corrected chi connectivity index (χ1v) is 6.41. The van der Waals surface area contributed by atoms with E-state index in [9.17, 15) is 9.59 Å². The van der Waals surface area contributed by atoms with Crippen molar-refractivity contribution < 1.29 is 4.79 Å². The van der Waals surface area contributed by atoms with Gasteiger partial charge in [0, 0.05) is 11.7 Å². The zero-order chi connectivity index (χ0) is 12.4. The first kappa shape index (κ1) is 12.1. The minimum absolute atomic E-state index is 0.116. The normalized spacial score (nSPS) is 16.4. The SMILES string of the molecule is CCC(C)n1c2c(cc(C=O)c1=O)CCCC2. The van der Waals surface area contributed by atoms with Crippen molar-refractivity contribution in [3.63, 3.8) is 0 Å². The number of hydrogen-bond acceptors (Lipinski definition) is 2. The van der Waals surface area contributed by atoms with E-state index in [1.54, 1.807) is 6.07 Å². The molecule has 0 aromatic carbocycles. The Morgan fingerprint density at radius 1 is 1.41 bits per heavy atom. The Balaban J connectivity index is 2.68. The van der Waals surface area contributed by atoms with E-state index in [1.165, 1.54) is 5.56 Å². The van der Waals surface area contributed by atoms with Crippen LogP contribution in [-0.4, -0.2) is 10.9 Å². The van der Waals surface area contributed by atoms with E-state index < -0.39 is 0 Å². The largest absolute Gasteiger partial charge is 0.309 e. The molecule has 0 saturated carbocycles. The Bertz CT molecular complexity index is 488. The lowest BCUT2D eigenvalue weighted by molar-refractivity contribution is 0.112. The Morgan fingerprint density at radius 2 is 2.12 bits per heavy atom. The average Bonchev–Trinajstić information content (AvgIpc) is 2.37. The molecule has 3 nitrogen and oxygen atoms in total. The van der Waals surface area contributed by atoms with Gasteiger partial charge in [-0.2, -0.15) is 0 Å². The number of hydrogen-bond donors (Lipinski definition) is 0. The van der Waals surface area contributed by atoms with Crippen LogP contribution in [0.4, 0.5) is 0 Å². The van der Waals surface area contributed by atoms with Crippen molar-refractivity contribution in [3.05, 3.63) is 33.2 Å². The van der Waals surface area contributed by atoms with E-state index in [4.69, 9.17) is 0 Å². The van der Waals surface area contributed by atoms with Gasteiger partial charge in [0.1, 0.15) is 0 Å². The number of fused-ring (bicyclic) bond motifs is 1. The minimum atomic E-state index is -0.116. The van der Waals surface area contributed by atoms with Gasteiger partial charge in [-0.1, -0.05) is 6.92 Å². The Labute approximate surface area is 101 Å². The molecule has 0 spiro atoms. The van der Waals surface area contributed by atoms with E-state index in [0.29, 0.717) is 11.8 Å². The molecule has 0 N–H and O–H groups in total. The lowest BCUT2D eigenvalue weighted by atomic mass is 9.94. The lowest BCUT2D eigenvalue weighted by Crippen LogP contribution is -2.31. The maximum atomic E-state index is 12.2. The van der Waals surface area contributed by atoms with Crippen LogP contribution < -0.4 is 5.56 Å². The summed E-state index contributed by atoms with van der Waals surface area (Å²) >= 11 is 0. The fourth-order valence-electron chi connectivity index (χ4n) is 2.59. The molecule has 0 aliphatic heterocycles. The van der Waals surface area contributed by atoms with Gasteiger partial charge in [-0.15, -0.1) is 0 Å². The molecule has 1 aliphatic carbocycles. The molecule has 1 heterocycles. The van der Waals surface area contributed by atoms with Gasteiger partial charge in [0.25, 0.3) is 5.56 Å². The van der Waals surface area contributed by atoms with Crippen LogP contribution in [0.1, 0.15) is 60.8 Å². The number of aryl methyl sites for hydroxylation is 1. The molecule has 0 amide bonds. The third-order valence-electron chi connectivity index (χ3n) is 3.73. The van der Waals surface area contributed by atoms with Gasteiger partial charge in [-0.3, -0.25) is 9.59 Å². The summed E-state index contributed by atoms with van der Waals surface area (Å²) in [5.41, 5.74) is 2.54. The zero-order valence-electron chi connectivity index (χ0n) is 10.5. The molecule has 1 atom stereocenters. The predicted octanol–water partition coefficient (Wildman–Crippen LogP) is 2.51. The van der Waals surface area contributed by atoms with Gasteiger partial charge in [0.05, 0.1) is 5.56 Å². The molecule has 1 aromatic rings. The second-order valence-electron chi connectivity index (χ2n) is 4.83. The Hall–Kier alpha value is -1.38. The van der Waals surface area contributed by atoms with Crippen LogP contribution in [0.3, 0.4) is 0 Å². The highest BCUT2D eigenvalue weighted by Gasteiger charge is 2.19. The van der Waals surface area contributed by atoms with Crippen molar-refractivity contribution in [2.45, 2.75) is 52.0 Å². The first-order valence-electron chi connectivity index (χ1n) is 6.41. The van der Waals surface area contributed by atoms with Crippen molar-refractivity contribution in [2.24, 2.45) is 0 Å². The molecular formula is C14H19NO2. The van der Waals surface area contributed by atoms with Crippen molar-refractivity contribution >= 4 is 6.29 Å². The highest BCUT2D eigenvalue weighted by Crippen LogP contribution is 2.23. The summed E-state index contributed by atoms with van der Waals surface area (Å²) in [5.74, 6) is 0. The fourth-order valence-corrected chi connectivity index (χ4v) is 2.59. The van der Waals surface area contributed by atoms with Crippen LogP contribution >= 0.6 is 0 Å². The molecule has 1 unspecified atom stereocenters. The van der Waals surface area contributed by atoms with Gasteiger partial charge in [-0.25, -0.2) is 0 Å². The summed E-state index contributed by atoms with van der Waals surface area (Å²) in [5, 5.41) is 0. The average molecular weight is 233 g/mol.